The van der Waals surface area contributed by atoms with Gasteiger partial charge in [-0.25, -0.2) is 4.98 Å². The van der Waals surface area contributed by atoms with Gasteiger partial charge in [-0.05, 0) is 13.3 Å². The lowest BCUT2D eigenvalue weighted by Crippen LogP contribution is -2.16. The Hall–Kier alpha value is -0.610. The predicted molar refractivity (Wildman–Crippen MR) is 46.9 cm³/mol. The van der Waals surface area contributed by atoms with Crippen molar-refractivity contribution in [3.63, 3.8) is 0 Å². The average molecular weight is 172 g/mol. The minimum absolute atomic E-state index is 0.222. The van der Waals surface area contributed by atoms with E-state index in [-0.39, 0.29) is 6.61 Å². The molecule has 2 N–H and O–H groups in total. The minimum Gasteiger partial charge on any atom is -0.396 e. The van der Waals surface area contributed by atoms with Gasteiger partial charge in [0.05, 0.1) is 0 Å². The van der Waals surface area contributed by atoms with Crippen LogP contribution in [0.5, 0.6) is 0 Å². The van der Waals surface area contributed by atoms with Crippen LogP contribution in [0.2, 0.25) is 0 Å². The Morgan fingerprint density at radius 1 is 1.82 bits per heavy atom. The molecule has 0 spiro atoms. The van der Waals surface area contributed by atoms with E-state index in [1.807, 2.05) is 12.3 Å². The first-order valence-electron chi connectivity index (χ1n) is 3.60. The average Bonchev–Trinajstić information content (AvgIpc) is 2.40. The number of hydrogen-bond donors (Lipinski definition) is 2. The maximum absolute atomic E-state index is 8.61. The van der Waals surface area contributed by atoms with Gasteiger partial charge < -0.3 is 10.4 Å². The van der Waals surface area contributed by atoms with Gasteiger partial charge in [-0.3, -0.25) is 0 Å². The number of anilines is 1. The second kappa shape index (κ2) is 4.31. The number of aromatic nitrogens is 1. The number of thiazole rings is 1. The Labute approximate surface area is 70.1 Å². The summed E-state index contributed by atoms with van der Waals surface area (Å²) in [5.41, 5.74) is 0. The van der Waals surface area contributed by atoms with Gasteiger partial charge in [0.1, 0.15) is 0 Å². The van der Waals surface area contributed by atoms with E-state index >= 15 is 0 Å². The molecule has 11 heavy (non-hydrogen) atoms. The molecule has 0 aromatic carbocycles. The number of aliphatic hydroxyl groups is 1. The van der Waals surface area contributed by atoms with E-state index in [0.717, 1.165) is 11.6 Å². The Morgan fingerprint density at radius 2 is 2.64 bits per heavy atom. The molecule has 0 amide bonds. The highest BCUT2D eigenvalue weighted by Gasteiger charge is 2.01. The molecule has 1 aromatic heterocycles. The maximum atomic E-state index is 8.61. The minimum atomic E-state index is 0.222. The molecule has 0 aliphatic carbocycles. The zero-order valence-corrected chi connectivity index (χ0v) is 7.27. The van der Waals surface area contributed by atoms with E-state index in [1.54, 1.807) is 17.5 Å². The van der Waals surface area contributed by atoms with Gasteiger partial charge in [0.25, 0.3) is 0 Å². The highest BCUT2D eigenvalue weighted by Crippen LogP contribution is 2.12. The highest BCUT2D eigenvalue weighted by atomic mass is 32.1. The molecule has 62 valence electrons. The second-order valence-electron chi connectivity index (χ2n) is 2.39. The van der Waals surface area contributed by atoms with Gasteiger partial charge in [-0.15, -0.1) is 11.3 Å². The van der Waals surface area contributed by atoms with Crippen LogP contribution >= 0.6 is 11.3 Å². The van der Waals surface area contributed by atoms with E-state index in [0.29, 0.717) is 6.04 Å². The van der Waals surface area contributed by atoms with Crippen LogP contribution in [0.15, 0.2) is 11.6 Å². The van der Waals surface area contributed by atoms with Crippen molar-refractivity contribution in [1.82, 2.24) is 4.98 Å². The first-order chi connectivity index (χ1) is 5.33. The third-order valence-corrected chi connectivity index (χ3v) is 2.07. The van der Waals surface area contributed by atoms with Crippen molar-refractivity contribution in [2.75, 3.05) is 11.9 Å². The van der Waals surface area contributed by atoms with Gasteiger partial charge in [-0.1, -0.05) is 0 Å². The van der Waals surface area contributed by atoms with Crippen LogP contribution in [-0.4, -0.2) is 22.7 Å². The third-order valence-electron chi connectivity index (χ3n) is 1.36. The van der Waals surface area contributed by atoms with Crippen LogP contribution < -0.4 is 5.32 Å². The predicted octanol–water partition coefficient (Wildman–Crippen LogP) is 1.33. The summed E-state index contributed by atoms with van der Waals surface area (Å²) in [7, 11) is 0. The normalized spacial score (nSPS) is 12.9. The largest absolute Gasteiger partial charge is 0.396 e. The van der Waals surface area contributed by atoms with Crippen LogP contribution in [-0.2, 0) is 0 Å². The number of rotatable bonds is 4. The fraction of sp³-hybridized carbons (Fsp3) is 0.571. The van der Waals surface area contributed by atoms with E-state index in [1.165, 1.54) is 0 Å². The van der Waals surface area contributed by atoms with Crippen molar-refractivity contribution in [2.24, 2.45) is 0 Å². The van der Waals surface area contributed by atoms with Crippen molar-refractivity contribution in [3.05, 3.63) is 11.6 Å². The van der Waals surface area contributed by atoms with Crippen LogP contribution in [0.25, 0.3) is 0 Å². The summed E-state index contributed by atoms with van der Waals surface area (Å²) in [6.07, 6.45) is 2.53. The fourth-order valence-corrected chi connectivity index (χ4v) is 1.41. The number of nitrogens with one attached hydrogen (secondary N) is 1. The number of hydrogen-bond acceptors (Lipinski definition) is 4. The third kappa shape index (κ3) is 2.86. The van der Waals surface area contributed by atoms with Crippen LogP contribution in [0.3, 0.4) is 0 Å². The lowest BCUT2D eigenvalue weighted by atomic mass is 10.2. The van der Waals surface area contributed by atoms with E-state index in [9.17, 15) is 0 Å². The van der Waals surface area contributed by atoms with Gasteiger partial charge in [0, 0.05) is 24.2 Å². The molecule has 0 aliphatic rings. The standard InChI is InChI=1S/C7H12N2OS/c1-6(2-4-10)9-7-8-3-5-11-7/h3,5-6,10H,2,4H2,1H3,(H,8,9). The van der Waals surface area contributed by atoms with Crippen molar-refractivity contribution < 1.29 is 5.11 Å². The second-order valence-corrected chi connectivity index (χ2v) is 3.29. The SMILES string of the molecule is CC(CCO)Nc1nccs1. The lowest BCUT2D eigenvalue weighted by molar-refractivity contribution is 0.282. The van der Waals surface area contributed by atoms with Crippen molar-refractivity contribution in [3.8, 4) is 0 Å². The molecule has 1 unspecified atom stereocenters. The van der Waals surface area contributed by atoms with Crippen LogP contribution in [0.1, 0.15) is 13.3 Å². The molecule has 0 bridgehead atoms. The summed E-state index contributed by atoms with van der Waals surface area (Å²) in [4.78, 5) is 4.06. The summed E-state index contributed by atoms with van der Waals surface area (Å²) >= 11 is 1.57. The van der Waals surface area contributed by atoms with E-state index in [4.69, 9.17) is 5.11 Å². The van der Waals surface area contributed by atoms with E-state index < -0.39 is 0 Å². The molecule has 1 atom stereocenters. The zero-order chi connectivity index (χ0) is 8.10. The molecular weight excluding hydrogens is 160 g/mol. The molecular formula is C7H12N2OS. The summed E-state index contributed by atoms with van der Waals surface area (Å²) in [5.74, 6) is 0. The van der Waals surface area contributed by atoms with Gasteiger partial charge in [0.2, 0.25) is 0 Å². The van der Waals surface area contributed by atoms with Crippen LogP contribution in [0.4, 0.5) is 5.13 Å². The molecule has 3 nitrogen and oxygen atoms in total. The molecule has 4 heteroatoms. The van der Waals surface area contributed by atoms with Crippen molar-refractivity contribution in [1.29, 1.82) is 0 Å². The Morgan fingerprint density at radius 3 is 3.18 bits per heavy atom. The van der Waals surface area contributed by atoms with Crippen LogP contribution in [0, 0.1) is 0 Å². The smallest absolute Gasteiger partial charge is 0.182 e. The molecule has 1 aromatic rings. The molecule has 0 radical (unpaired) electrons. The number of aliphatic hydroxyl groups excluding tert-OH is 1. The molecule has 0 saturated heterocycles. The molecule has 0 fully saturated rings. The quantitative estimate of drug-likeness (QED) is 0.720. The van der Waals surface area contributed by atoms with Gasteiger partial charge in [0.15, 0.2) is 5.13 Å². The van der Waals surface area contributed by atoms with E-state index in [2.05, 4.69) is 10.3 Å². The Balaban J connectivity index is 2.31. The Kier molecular flexibility index (Phi) is 3.32. The van der Waals surface area contributed by atoms with Crippen molar-refractivity contribution in [2.45, 2.75) is 19.4 Å². The number of nitrogens with zero attached hydrogens (tertiary/aromatic N) is 1. The zero-order valence-electron chi connectivity index (χ0n) is 6.45. The first kappa shape index (κ1) is 8.49. The monoisotopic (exact) mass is 172 g/mol. The topological polar surface area (TPSA) is 45.1 Å². The molecule has 0 aliphatic heterocycles. The van der Waals surface area contributed by atoms with Crippen molar-refractivity contribution >= 4 is 16.5 Å². The summed E-state index contributed by atoms with van der Waals surface area (Å²) in [5, 5.41) is 14.6. The lowest BCUT2D eigenvalue weighted by Gasteiger charge is -2.09. The van der Waals surface area contributed by atoms with Gasteiger partial charge >= 0.3 is 0 Å². The highest BCUT2D eigenvalue weighted by molar-refractivity contribution is 7.13. The molecule has 0 saturated carbocycles. The fourth-order valence-electron chi connectivity index (χ4n) is 0.771. The first-order valence-corrected chi connectivity index (χ1v) is 4.48. The van der Waals surface area contributed by atoms with Gasteiger partial charge in [-0.2, -0.15) is 0 Å². The summed E-state index contributed by atoms with van der Waals surface area (Å²) in [6, 6.07) is 0.297. The maximum Gasteiger partial charge on any atom is 0.182 e. The molecule has 1 heterocycles. The Bertz CT molecular complexity index is 188. The summed E-state index contributed by atoms with van der Waals surface area (Å²) in [6.45, 7) is 2.25. The summed E-state index contributed by atoms with van der Waals surface area (Å²) < 4.78 is 0. The molecule has 1 rings (SSSR count).